The van der Waals surface area contributed by atoms with Gasteiger partial charge in [0.2, 0.25) is 0 Å². The Balaban J connectivity index is 0.967. The van der Waals surface area contributed by atoms with Gasteiger partial charge in [0.25, 0.3) is 0 Å². The number of anilines is 3. The minimum Gasteiger partial charge on any atom is -0.310 e. The van der Waals surface area contributed by atoms with E-state index in [0.29, 0.717) is 0 Å². The summed E-state index contributed by atoms with van der Waals surface area (Å²) in [6.07, 6.45) is 0. The van der Waals surface area contributed by atoms with Crippen LogP contribution in [0, 0.1) is 0 Å². The third kappa shape index (κ3) is 6.76. The minimum absolute atomic E-state index is 0.201. The van der Waals surface area contributed by atoms with Crippen molar-refractivity contribution in [2.45, 2.75) is 24.7 Å². The Hall–Kier alpha value is -9.76. The number of fused-ring (bicyclic) bond motifs is 12. The zero-order valence-electron chi connectivity index (χ0n) is 43.6. The maximum atomic E-state index is 2.53. The van der Waals surface area contributed by atoms with Crippen LogP contribution in [0.4, 0.5) is 17.1 Å². The number of hydrogen-bond acceptors (Lipinski definition) is 1. The fourth-order valence-electron chi connectivity index (χ4n) is 13.8. The first-order chi connectivity index (χ1) is 38.5. The summed E-state index contributed by atoms with van der Waals surface area (Å²) in [6, 6.07) is 108. The molecule has 2 aliphatic carbocycles. The van der Waals surface area contributed by atoms with Gasteiger partial charge in [0.15, 0.2) is 0 Å². The van der Waals surface area contributed by atoms with Crippen molar-refractivity contribution in [1.29, 1.82) is 0 Å². The van der Waals surface area contributed by atoms with Gasteiger partial charge in [-0.15, -0.1) is 0 Å². The standard InChI is InChI=1S/C76H54N2/c1-75(2)66-37-17-19-39-68(66)76(69-40-20-18-38-67(69)75)65-36-16-13-32-61(65)62-49-48-55(50-70(62)76)77(71-41-21-14-33-63(71)60-31-12-11-30-59(60)58-29-10-9-28-56(58)51-24-5-3-6-25-51)54-46-44-52(45-47-54)57-35-23-43-73-74(57)64-34-15-22-42-72(64)78(73)53-26-7-4-8-27-53/h3-50H,1-2H3. The van der Waals surface area contributed by atoms with Gasteiger partial charge in [-0.2, -0.15) is 0 Å². The molecule has 2 heteroatoms. The number of aromatic nitrogens is 1. The van der Waals surface area contributed by atoms with E-state index in [9.17, 15) is 0 Å². The molecule has 0 amide bonds. The SMILES string of the molecule is CC1(C)c2ccccc2C2(c3ccccc3-c3ccc(N(c4ccc(-c5cccc6c5c5ccccc5n6-c5ccccc5)cc4)c4ccccc4-c4ccccc4-c4ccccc4-c4ccccc4)cc32)c2ccccc21. The van der Waals surface area contributed by atoms with E-state index >= 15 is 0 Å². The van der Waals surface area contributed by atoms with Crippen LogP contribution in [-0.2, 0) is 10.8 Å². The lowest BCUT2D eigenvalue weighted by Gasteiger charge is -2.46. The molecule has 2 aliphatic rings. The van der Waals surface area contributed by atoms with Crippen molar-refractivity contribution in [3.63, 3.8) is 0 Å². The first kappa shape index (κ1) is 45.6. The van der Waals surface area contributed by atoms with Crippen LogP contribution in [0.5, 0.6) is 0 Å². The molecule has 0 unspecified atom stereocenters. The highest BCUT2D eigenvalue weighted by Crippen LogP contribution is 2.63. The highest BCUT2D eigenvalue weighted by atomic mass is 15.1. The summed E-state index contributed by atoms with van der Waals surface area (Å²) in [7, 11) is 0. The number of hydrogen-bond donors (Lipinski definition) is 0. The molecular weight excluding hydrogens is 941 g/mol. The minimum atomic E-state index is -0.551. The highest BCUT2D eigenvalue weighted by molar-refractivity contribution is 6.16. The molecule has 0 saturated carbocycles. The van der Waals surface area contributed by atoms with Crippen molar-refractivity contribution in [3.05, 3.63) is 325 Å². The Labute approximate surface area is 456 Å². The molecule has 1 spiro atoms. The molecule has 0 radical (unpaired) electrons. The van der Waals surface area contributed by atoms with E-state index in [0.717, 1.165) is 33.9 Å². The molecule has 13 aromatic rings. The monoisotopic (exact) mass is 994 g/mol. The molecule has 368 valence electrons. The Morgan fingerprint density at radius 2 is 0.756 bits per heavy atom. The van der Waals surface area contributed by atoms with Crippen LogP contribution in [0.1, 0.15) is 47.2 Å². The second-order valence-corrected chi connectivity index (χ2v) is 21.5. The van der Waals surface area contributed by atoms with E-state index in [1.165, 1.54) is 99.7 Å². The molecular formula is C76H54N2. The smallest absolute Gasteiger partial charge is 0.0720 e. The van der Waals surface area contributed by atoms with Crippen molar-refractivity contribution in [3.8, 4) is 61.3 Å². The van der Waals surface area contributed by atoms with Gasteiger partial charge < -0.3 is 9.47 Å². The lowest BCUT2D eigenvalue weighted by molar-refractivity contribution is 0.563. The van der Waals surface area contributed by atoms with Crippen molar-refractivity contribution >= 4 is 38.9 Å². The van der Waals surface area contributed by atoms with E-state index in [1.54, 1.807) is 0 Å². The summed E-state index contributed by atoms with van der Waals surface area (Å²) < 4.78 is 2.40. The maximum Gasteiger partial charge on any atom is 0.0720 e. The summed E-state index contributed by atoms with van der Waals surface area (Å²) >= 11 is 0. The van der Waals surface area contributed by atoms with Crippen molar-refractivity contribution in [2.24, 2.45) is 0 Å². The molecule has 12 aromatic carbocycles. The second kappa shape index (κ2) is 17.9. The molecule has 1 heterocycles. The van der Waals surface area contributed by atoms with Gasteiger partial charge in [-0.25, -0.2) is 0 Å². The summed E-state index contributed by atoms with van der Waals surface area (Å²) in [5.41, 5.74) is 26.1. The zero-order valence-corrected chi connectivity index (χ0v) is 43.6. The number of benzene rings is 12. The molecule has 0 aliphatic heterocycles. The number of nitrogens with zero attached hydrogens (tertiary/aromatic N) is 2. The molecule has 0 N–H and O–H groups in total. The van der Waals surface area contributed by atoms with Crippen LogP contribution in [0.15, 0.2) is 291 Å². The van der Waals surface area contributed by atoms with Crippen molar-refractivity contribution < 1.29 is 0 Å². The van der Waals surface area contributed by atoms with Gasteiger partial charge >= 0.3 is 0 Å². The lowest BCUT2D eigenvalue weighted by Crippen LogP contribution is -2.40. The largest absolute Gasteiger partial charge is 0.310 e. The fourth-order valence-corrected chi connectivity index (χ4v) is 13.8. The molecule has 78 heavy (non-hydrogen) atoms. The summed E-state index contributed by atoms with van der Waals surface area (Å²) in [5.74, 6) is 0. The van der Waals surface area contributed by atoms with E-state index in [2.05, 4.69) is 315 Å². The third-order valence-electron chi connectivity index (χ3n) is 17.1. The number of para-hydroxylation sites is 3. The first-order valence-corrected chi connectivity index (χ1v) is 27.3. The predicted molar refractivity (Wildman–Crippen MR) is 327 cm³/mol. The van der Waals surface area contributed by atoms with Crippen LogP contribution < -0.4 is 4.90 Å². The summed E-state index contributed by atoms with van der Waals surface area (Å²) in [5, 5.41) is 2.49. The van der Waals surface area contributed by atoms with E-state index < -0.39 is 5.41 Å². The predicted octanol–water partition coefficient (Wildman–Crippen LogP) is 19.9. The van der Waals surface area contributed by atoms with E-state index in [1.807, 2.05) is 0 Å². The van der Waals surface area contributed by atoms with Crippen molar-refractivity contribution in [1.82, 2.24) is 4.57 Å². The molecule has 0 bridgehead atoms. The number of rotatable bonds is 8. The van der Waals surface area contributed by atoms with Crippen LogP contribution in [-0.4, -0.2) is 4.57 Å². The summed E-state index contributed by atoms with van der Waals surface area (Å²) in [6.45, 7) is 4.80. The Bertz CT molecular complexity index is 4410. The molecule has 2 nitrogen and oxygen atoms in total. The van der Waals surface area contributed by atoms with Gasteiger partial charge in [0, 0.05) is 38.8 Å². The molecule has 0 saturated heterocycles. The fraction of sp³-hybridized carbons (Fsp3) is 0.0526. The average Bonchev–Trinajstić information content (AvgIpc) is 3.41. The maximum absolute atomic E-state index is 2.53. The van der Waals surface area contributed by atoms with Gasteiger partial charge in [-0.3, -0.25) is 0 Å². The lowest BCUT2D eigenvalue weighted by atomic mass is 9.55. The van der Waals surface area contributed by atoms with E-state index in [-0.39, 0.29) is 5.41 Å². The van der Waals surface area contributed by atoms with Crippen LogP contribution >= 0.6 is 0 Å². The van der Waals surface area contributed by atoms with Gasteiger partial charge in [0.05, 0.1) is 22.1 Å². The second-order valence-electron chi connectivity index (χ2n) is 21.5. The molecule has 15 rings (SSSR count). The van der Waals surface area contributed by atoms with Gasteiger partial charge in [-0.05, 0) is 138 Å². The van der Waals surface area contributed by atoms with Crippen molar-refractivity contribution in [2.75, 3.05) is 4.90 Å². The van der Waals surface area contributed by atoms with E-state index in [4.69, 9.17) is 0 Å². The molecule has 0 fully saturated rings. The Morgan fingerprint density at radius 1 is 0.295 bits per heavy atom. The Morgan fingerprint density at radius 3 is 1.45 bits per heavy atom. The third-order valence-corrected chi connectivity index (χ3v) is 17.1. The van der Waals surface area contributed by atoms with Crippen LogP contribution in [0.3, 0.4) is 0 Å². The average molecular weight is 995 g/mol. The normalized spacial score (nSPS) is 13.5. The van der Waals surface area contributed by atoms with Gasteiger partial charge in [-0.1, -0.05) is 250 Å². The van der Waals surface area contributed by atoms with Crippen LogP contribution in [0.25, 0.3) is 83.1 Å². The molecule has 0 atom stereocenters. The zero-order chi connectivity index (χ0) is 52.0. The van der Waals surface area contributed by atoms with Gasteiger partial charge in [0.1, 0.15) is 0 Å². The topological polar surface area (TPSA) is 8.17 Å². The first-order valence-electron chi connectivity index (χ1n) is 27.3. The quantitative estimate of drug-likeness (QED) is 0.147. The molecule has 1 aromatic heterocycles. The highest BCUT2D eigenvalue weighted by Gasteiger charge is 2.53. The summed E-state index contributed by atoms with van der Waals surface area (Å²) in [4.78, 5) is 2.52. The van der Waals surface area contributed by atoms with Crippen LogP contribution in [0.2, 0.25) is 0 Å². The Kier molecular flexibility index (Phi) is 10.5.